The number of hydrogen-bond acceptors (Lipinski definition) is 5. The smallest absolute Gasteiger partial charge is 0.240 e. The van der Waals surface area contributed by atoms with E-state index in [1.54, 1.807) is 30.3 Å². The number of nitrogens with two attached hydrogens (primary N) is 1. The van der Waals surface area contributed by atoms with Crippen LogP contribution in [0, 0.1) is 11.3 Å². The third-order valence-corrected chi connectivity index (χ3v) is 4.85. The zero-order valence-corrected chi connectivity index (χ0v) is 14.7. The molecule has 0 spiro atoms. The Bertz CT molecular complexity index is 1160. The van der Waals surface area contributed by atoms with Gasteiger partial charge in [0.25, 0.3) is 0 Å². The van der Waals surface area contributed by atoms with Gasteiger partial charge in [0, 0.05) is 10.7 Å². The van der Waals surface area contributed by atoms with Gasteiger partial charge in [-0.3, -0.25) is 4.79 Å². The second kappa shape index (κ2) is 6.76. The van der Waals surface area contributed by atoms with Crippen molar-refractivity contribution in [1.82, 2.24) is 9.97 Å². The average molecular weight is 390 g/mol. The van der Waals surface area contributed by atoms with Gasteiger partial charge in [0.2, 0.25) is 21.8 Å². The highest BCUT2D eigenvalue weighted by atomic mass is 35.5. The molecule has 0 radical (unpaired) electrons. The highest BCUT2D eigenvalue weighted by Crippen LogP contribution is 2.26. The predicted molar refractivity (Wildman–Crippen MR) is 96.0 cm³/mol. The fourth-order valence-corrected chi connectivity index (χ4v) is 3.37. The van der Waals surface area contributed by atoms with Crippen LogP contribution in [0.25, 0.3) is 11.0 Å². The Morgan fingerprint density at radius 2 is 2.08 bits per heavy atom. The van der Waals surface area contributed by atoms with Crippen molar-refractivity contribution in [3.8, 4) is 6.07 Å². The number of primary sulfonamides is 1. The van der Waals surface area contributed by atoms with E-state index in [2.05, 4.69) is 15.3 Å². The summed E-state index contributed by atoms with van der Waals surface area (Å²) < 4.78 is 23.7. The minimum Gasteiger partial charge on any atom is -0.329 e. The van der Waals surface area contributed by atoms with Crippen LogP contribution in [0.3, 0.4) is 0 Å². The second-order valence-electron chi connectivity index (χ2n) is 5.43. The zero-order valence-electron chi connectivity index (χ0n) is 13.2. The number of sulfonamides is 1. The maximum Gasteiger partial charge on any atom is 0.240 e. The predicted octanol–water partition coefficient (Wildman–Crippen LogP) is 1.92. The number of imidazole rings is 1. The van der Waals surface area contributed by atoms with E-state index < -0.39 is 15.9 Å². The van der Waals surface area contributed by atoms with Gasteiger partial charge in [0.15, 0.2) is 0 Å². The Kier molecular flexibility index (Phi) is 4.65. The molecular formula is C16H12ClN5O3S. The van der Waals surface area contributed by atoms with Gasteiger partial charge >= 0.3 is 0 Å². The van der Waals surface area contributed by atoms with Gasteiger partial charge in [-0.15, -0.1) is 0 Å². The molecule has 8 nitrogen and oxygen atoms in total. The number of nitriles is 1. The van der Waals surface area contributed by atoms with Crippen molar-refractivity contribution in [2.24, 2.45) is 5.14 Å². The van der Waals surface area contributed by atoms with Gasteiger partial charge in [0.1, 0.15) is 16.5 Å². The van der Waals surface area contributed by atoms with Gasteiger partial charge in [-0.05, 0) is 23.8 Å². The lowest BCUT2D eigenvalue weighted by molar-refractivity contribution is -0.115. The number of halogens is 1. The Hall–Kier alpha value is -2.93. The van der Waals surface area contributed by atoms with E-state index in [1.807, 2.05) is 0 Å². The van der Waals surface area contributed by atoms with Crippen LogP contribution in [-0.4, -0.2) is 24.3 Å². The SMILES string of the molecule is N#Cc1nc2c(S(N)(=O)=O)cc(NC(=O)Cc3ccccc3Cl)cc2[nH]1. The maximum absolute atomic E-state index is 12.3. The van der Waals surface area contributed by atoms with Crippen molar-refractivity contribution in [3.63, 3.8) is 0 Å². The van der Waals surface area contributed by atoms with E-state index in [1.165, 1.54) is 12.1 Å². The third-order valence-electron chi connectivity index (χ3n) is 3.56. The van der Waals surface area contributed by atoms with Crippen molar-refractivity contribution >= 4 is 44.3 Å². The molecule has 0 aliphatic heterocycles. The largest absolute Gasteiger partial charge is 0.329 e. The first-order chi connectivity index (χ1) is 12.3. The lowest BCUT2D eigenvalue weighted by Gasteiger charge is -2.08. The van der Waals surface area contributed by atoms with Crippen LogP contribution < -0.4 is 10.5 Å². The molecule has 3 rings (SSSR count). The summed E-state index contributed by atoms with van der Waals surface area (Å²) in [5, 5.41) is 17.2. The molecule has 0 aliphatic rings. The first-order valence-electron chi connectivity index (χ1n) is 7.28. The first kappa shape index (κ1) is 17.9. The summed E-state index contributed by atoms with van der Waals surface area (Å²) >= 11 is 6.03. The van der Waals surface area contributed by atoms with Crippen molar-refractivity contribution in [2.75, 3.05) is 5.32 Å². The number of nitrogens with zero attached hydrogens (tertiary/aromatic N) is 2. The Morgan fingerprint density at radius 1 is 1.35 bits per heavy atom. The molecule has 4 N–H and O–H groups in total. The summed E-state index contributed by atoms with van der Waals surface area (Å²) in [7, 11) is -4.11. The number of benzene rings is 2. The average Bonchev–Trinajstić information content (AvgIpc) is 2.98. The monoisotopic (exact) mass is 389 g/mol. The molecule has 0 fully saturated rings. The van der Waals surface area contributed by atoms with Crippen LogP contribution in [0.2, 0.25) is 5.02 Å². The van der Waals surface area contributed by atoms with Gasteiger partial charge in [-0.25, -0.2) is 18.5 Å². The number of aromatic amines is 1. The number of hydrogen-bond donors (Lipinski definition) is 3. The van der Waals surface area contributed by atoms with Crippen LogP contribution >= 0.6 is 11.6 Å². The van der Waals surface area contributed by atoms with E-state index in [0.717, 1.165) is 0 Å². The Labute approximate surface area is 153 Å². The molecule has 26 heavy (non-hydrogen) atoms. The van der Waals surface area contributed by atoms with Gasteiger partial charge in [0.05, 0.1) is 11.9 Å². The molecule has 1 amide bonds. The zero-order chi connectivity index (χ0) is 18.9. The molecule has 0 unspecified atom stereocenters. The van der Waals surface area contributed by atoms with E-state index in [-0.39, 0.29) is 33.9 Å². The molecule has 2 aromatic carbocycles. The molecule has 3 aromatic rings. The van der Waals surface area contributed by atoms with Crippen molar-refractivity contribution in [2.45, 2.75) is 11.3 Å². The van der Waals surface area contributed by atoms with E-state index in [0.29, 0.717) is 10.6 Å². The Balaban J connectivity index is 1.96. The van der Waals surface area contributed by atoms with E-state index >= 15 is 0 Å². The molecule has 0 saturated heterocycles. The van der Waals surface area contributed by atoms with Crippen LogP contribution in [-0.2, 0) is 21.2 Å². The lowest BCUT2D eigenvalue weighted by Crippen LogP contribution is -2.17. The fraction of sp³-hybridized carbons (Fsp3) is 0.0625. The number of carbonyl (C=O) groups is 1. The third kappa shape index (κ3) is 3.67. The van der Waals surface area contributed by atoms with E-state index in [9.17, 15) is 13.2 Å². The number of H-pyrrole nitrogens is 1. The molecule has 1 heterocycles. The molecule has 0 bridgehead atoms. The molecule has 0 atom stereocenters. The number of carbonyl (C=O) groups excluding carboxylic acids is 1. The molecule has 0 aliphatic carbocycles. The summed E-state index contributed by atoms with van der Waals surface area (Å²) in [5.74, 6) is -0.456. The lowest BCUT2D eigenvalue weighted by atomic mass is 10.1. The number of anilines is 1. The van der Waals surface area contributed by atoms with Gasteiger partial charge < -0.3 is 10.3 Å². The topological polar surface area (TPSA) is 142 Å². The number of fused-ring (bicyclic) bond motifs is 1. The van der Waals surface area contributed by atoms with Gasteiger partial charge in [-0.2, -0.15) is 5.26 Å². The molecule has 1 aromatic heterocycles. The normalized spacial score (nSPS) is 11.3. The number of nitrogens with one attached hydrogen (secondary N) is 2. The van der Waals surface area contributed by atoms with Crippen molar-refractivity contribution in [1.29, 1.82) is 5.26 Å². The highest BCUT2D eigenvalue weighted by Gasteiger charge is 2.19. The van der Waals surface area contributed by atoms with Crippen LogP contribution in [0.4, 0.5) is 5.69 Å². The second-order valence-corrected chi connectivity index (χ2v) is 7.37. The summed E-state index contributed by atoms with van der Waals surface area (Å²) in [6.07, 6.45) is 0.00877. The fourth-order valence-electron chi connectivity index (χ4n) is 2.45. The molecule has 10 heteroatoms. The number of amides is 1. The van der Waals surface area contributed by atoms with Gasteiger partial charge in [-0.1, -0.05) is 29.8 Å². The van der Waals surface area contributed by atoms with Crippen LogP contribution in [0.1, 0.15) is 11.4 Å². The van der Waals surface area contributed by atoms with Crippen LogP contribution in [0.15, 0.2) is 41.3 Å². The minimum atomic E-state index is -4.11. The van der Waals surface area contributed by atoms with Crippen molar-refractivity contribution < 1.29 is 13.2 Å². The standard InChI is InChI=1S/C16H12ClN5O3S/c17-11-4-2-1-3-9(11)5-15(23)20-10-6-12-16(22-14(8-18)21-12)13(7-10)26(19,24)25/h1-4,6-7H,5H2,(H,20,23)(H,21,22)(H2,19,24,25). The van der Waals surface area contributed by atoms with Crippen LogP contribution in [0.5, 0.6) is 0 Å². The van der Waals surface area contributed by atoms with E-state index in [4.69, 9.17) is 22.0 Å². The summed E-state index contributed by atoms with van der Waals surface area (Å²) in [6, 6.07) is 11.4. The highest BCUT2D eigenvalue weighted by molar-refractivity contribution is 7.89. The number of aromatic nitrogens is 2. The maximum atomic E-state index is 12.3. The molecule has 132 valence electrons. The Morgan fingerprint density at radius 3 is 2.73 bits per heavy atom. The summed E-state index contributed by atoms with van der Waals surface area (Å²) in [4.78, 5) is 18.5. The van der Waals surface area contributed by atoms with Crippen molar-refractivity contribution in [3.05, 3.63) is 52.8 Å². The number of rotatable bonds is 4. The molecular weight excluding hydrogens is 378 g/mol. The molecule has 0 saturated carbocycles. The summed E-state index contributed by atoms with van der Waals surface area (Å²) in [6.45, 7) is 0. The first-order valence-corrected chi connectivity index (χ1v) is 9.20. The quantitative estimate of drug-likeness (QED) is 0.624. The minimum absolute atomic E-state index is 0.00877. The summed E-state index contributed by atoms with van der Waals surface area (Å²) in [5.41, 5.74) is 1.13.